The van der Waals surface area contributed by atoms with E-state index in [0.29, 0.717) is 61.1 Å². The van der Waals surface area contributed by atoms with Gasteiger partial charge in [-0.15, -0.1) is 0 Å². The van der Waals surface area contributed by atoms with Crippen LogP contribution in [0.3, 0.4) is 0 Å². The Morgan fingerprint density at radius 3 is 2.65 bits per heavy atom. The molecule has 34 heavy (non-hydrogen) atoms. The Hall–Kier alpha value is -3.05. The molecule has 1 aromatic heterocycles. The van der Waals surface area contributed by atoms with E-state index in [4.69, 9.17) is 4.74 Å². The number of piperazine rings is 1. The van der Waals surface area contributed by atoms with Crippen LogP contribution in [-0.2, 0) is 17.4 Å². The maximum atomic E-state index is 13.0. The van der Waals surface area contributed by atoms with E-state index in [-0.39, 0.29) is 12.5 Å². The molecule has 0 bridgehead atoms. The minimum absolute atomic E-state index is 0.146. The van der Waals surface area contributed by atoms with Crippen LogP contribution in [0.25, 0.3) is 10.2 Å². The highest BCUT2D eigenvalue weighted by Gasteiger charge is 2.31. The molecule has 0 saturated carbocycles. The zero-order valence-electron chi connectivity index (χ0n) is 18.6. The molecule has 0 unspecified atom stereocenters. The van der Waals surface area contributed by atoms with Crippen molar-refractivity contribution in [2.24, 2.45) is 0 Å². The van der Waals surface area contributed by atoms with E-state index >= 15 is 0 Å². The number of carbonyl (C=O) groups excluding carboxylic acids is 1. The summed E-state index contributed by atoms with van der Waals surface area (Å²) in [5, 5.41) is 15.9. The third-order valence-electron chi connectivity index (χ3n) is 5.78. The van der Waals surface area contributed by atoms with Gasteiger partial charge in [-0.25, -0.2) is 0 Å². The highest BCUT2D eigenvalue weighted by molar-refractivity contribution is 7.18. The Morgan fingerprint density at radius 1 is 1.18 bits per heavy atom. The first-order valence-corrected chi connectivity index (χ1v) is 11.7. The zero-order chi connectivity index (χ0) is 24.3. The lowest BCUT2D eigenvalue weighted by Gasteiger charge is -2.36. The Labute approximate surface area is 198 Å². The molecule has 11 heteroatoms. The summed E-state index contributed by atoms with van der Waals surface area (Å²) in [6, 6.07) is 10.6. The molecule has 7 nitrogen and oxygen atoms in total. The number of anilines is 1. The highest BCUT2D eigenvalue weighted by Crippen LogP contribution is 2.32. The van der Waals surface area contributed by atoms with Gasteiger partial charge in [-0.3, -0.25) is 9.69 Å². The van der Waals surface area contributed by atoms with E-state index in [9.17, 15) is 23.2 Å². The van der Waals surface area contributed by atoms with Gasteiger partial charge in [0.25, 0.3) is 5.01 Å². The summed E-state index contributed by atoms with van der Waals surface area (Å²) >= 11 is 1.37. The van der Waals surface area contributed by atoms with Crippen molar-refractivity contribution in [3.05, 3.63) is 58.2 Å². The van der Waals surface area contributed by atoms with Crippen LogP contribution in [0.5, 0.6) is 5.75 Å². The maximum Gasteiger partial charge on any atom is 0.416 e. The maximum absolute atomic E-state index is 13.0. The number of nitrogens with one attached hydrogen (secondary N) is 1. The van der Waals surface area contributed by atoms with Crippen molar-refractivity contribution in [3.8, 4) is 5.75 Å². The second-order valence-corrected chi connectivity index (χ2v) is 9.15. The van der Waals surface area contributed by atoms with E-state index in [1.807, 2.05) is 15.9 Å². The standard InChI is InChI=1S/C23H25F3N4O3S/c1-33-18-5-6-19-20(14-18)34-22(30(19)32)7-8-27-21(31)15-28-9-11-29(12-10-28)17-4-2-3-16(13-17)23(24,25)26/h2-6,13-14H,7-12,15H2,1H3,(H,27,31). The lowest BCUT2D eigenvalue weighted by atomic mass is 10.1. The van der Waals surface area contributed by atoms with Crippen LogP contribution in [0.1, 0.15) is 10.6 Å². The van der Waals surface area contributed by atoms with Crippen LogP contribution in [0.15, 0.2) is 42.5 Å². The van der Waals surface area contributed by atoms with Gasteiger partial charge in [0.2, 0.25) is 11.4 Å². The lowest BCUT2D eigenvalue weighted by Crippen LogP contribution is -2.49. The number of hydrogen-bond acceptors (Lipinski definition) is 6. The molecule has 1 amide bonds. The topological polar surface area (TPSA) is 71.8 Å². The van der Waals surface area contributed by atoms with Gasteiger partial charge in [0, 0.05) is 50.5 Å². The first-order valence-electron chi connectivity index (χ1n) is 10.8. The van der Waals surface area contributed by atoms with E-state index < -0.39 is 11.7 Å². The third-order valence-corrected chi connectivity index (χ3v) is 6.93. The van der Waals surface area contributed by atoms with Crippen molar-refractivity contribution >= 4 is 33.1 Å². The molecule has 0 atom stereocenters. The van der Waals surface area contributed by atoms with Gasteiger partial charge in [0.15, 0.2) is 0 Å². The minimum atomic E-state index is -4.37. The molecule has 1 N–H and O–H groups in total. The monoisotopic (exact) mass is 494 g/mol. The fourth-order valence-electron chi connectivity index (χ4n) is 3.94. The number of nitrogens with zero attached hydrogens (tertiary/aromatic N) is 3. The van der Waals surface area contributed by atoms with Crippen molar-refractivity contribution < 1.29 is 27.4 Å². The predicted molar refractivity (Wildman–Crippen MR) is 124 cm³/mol. The highest BCUT2D eigenvalue weighted by atomic mass is 32.1. The molecule has 2 aromatic carbocycles. The molecule has 0 spiro atoms. The predicted octanol–water partition coefficient (Wildman–Crippen LogP) is 3.04. The van der Waals surface area contributed by atoms with E-state index in [1.54, 1.807) is 25.3 Å². The first kappa shape index (κ1) is 24.1. The van der Waals surface area contributed by atoms with E-state index in [0.717, 1.165) is 21.6 Å². The van der Waals surface area contributed by atoms with Crippen LogP contribution < -0.4 is 19.7 Å². The van der Waals surface area contributed by atoms with Crippen LogP contribution in [0.4, 0.5) is 18.9 Å². The smallest absolute Gasteiger partial charge is 0.416 e. The van der Waals surface area contributed by atoms with Gasteiger partial charge in [-0.05, 0) is 24.3 Å². The van der Waals surface area contributed by atoms with Gasteiger partial charge in [0.05, 0.1) is 25.6 Å². The number of ether oxygens (including phenoxy) is 1. The summed E-state index contributed by atoms with van der Waals surface area (Å²) in [7, 11) is 1.57. The molecule has 1 aliphatic rings. The Morgan fingerprint density at radius 2 is 1.94 bits per heavy atom. The largest absolute Gasteiger partial charge is 0.617 e. The number of hydrogen-bond donors (Lipinski definition) is 1. The molecule has 182 valence electrons. The van der Waals surface area contributed by atoms with Gasteiger partial charge in [-0.1, -0.05) is 17.4 Å². The fraction of sp³-hybridized carbons (Fsp3) is 0.391. The second-order valence-electron chi connectivity index (χ2n) is 8.04. The van der Waals surface area contributed by atoms with Crippen LogP contribution in [-0.4, -0.2) is 57.2 Å². The first-order chi connectivity index (χ1) is 16.2. The SMILES string of the molecule is COc1ccc2c(c1)sc(CCNC(=O)CN1CCN(c3cccc(C(F)(F)F)c3)CC1)[n+]2[O-]. The summed E-state index contributed by atoms with van der Waals surface area (Å²) in [6.45, 7) is 2.77. The Kier molecular flexibility index (Phi) is 7.13. The number of halogens is 3. The van der Waals surface area contributed by atoms with Gasteiger partial charge in [-0.2, -0.15) is 17.9 Å². The fourth-order valence-corrected chi connectivity index (χ4v) is 5.01. The molecular formula is C23H25F3N4O3S. The lowest BCUT2D eigenvalue weighted by molar-refractivity contribution is -0.580. The Bertz CT molecular complexity index is 1160. The molecule has 1 saturated heterocycles. The molecule has 2 heterocycles. The number of alkyl halides is 3. The second kappa shape index (κ2) is 10.1. The zero-order valence-corrected chi connectivity index (χ0v) is 19.4. The van der Waals surface area contributed by atoms with Gasteiger partial charge >= 0.3 is 6.18 Å². The van der Waals surface area contributed by atoms with Crippen LogP contribution in [0, 0.1) is 5.21 Å². The number of fused-ring (bicyclic) bond motifs is 1. The summed E-state index contributed by atoms with van der Waals surface area (Å²) in [5.74, 6) is 0.537. The van der Waals surface area contributed by atoms with E-state index in [2.05, 4.69) is 5.32 Å². The Balaban J connectivity index is 1.24. The number of methoxy groups -OCH3 is 1. The number of amides is 1. The number of thiazole rings is 1. The summed E-state index contributed by atoms with van der Waals surface area (Å²) in [4.78, 5) is 16.2. The van der Waals surface area contributed by atoms with Crippen molar-refractivity contribution in [2.45, 2.75) is 12.6 Å². The summed E-state index contributed by atoms with van der Waals surface area (Å²) < 4.78 is 45.8. The molecule has 1 aliphatic heterocycles. The van der Waals surface area contributed by atoms with Crippen molar-refractivity contribution in [3.63, 3.8) is 0 Å². The number of rotatable bonds is 7. The summed E-state index contributed by atoms with van der Waals surface area (Å²) in [6.07, 6.45) is -3.95. The number of aromatic nitrogens is 1. The minimum Gasteiger partial charge on any atom is -0.617 e. The van der Waals surface area contributed by atoms with Crippen LogP contribution >= 0.6 is 11.3 Å². The normalized spacial score (nSPS) is 15.0. The van der Waals surface area contributed by atoms with E-state index in [1.165, 1.54) is 17.4 Å². The third kappa shape index (κ3) is 5.53. The average molecular weight is 495 g/mol. The number of carbonyl (C=O) groups is 1. The molecule has 3 aromatic rings. The number of benzene rings is 2. The van der Waals surface area contributed by atoms with Crippen molar-refractivity contribution in [2.75, 3.05) is 51.3 Å². The molecule has 0 aliphatic carbocycles. The molecule has 1 fully saturated rings. The van der Waals surface area contributed by atoms with Gasteiger partial charge < -0.3 is 20.2 Å². The van der Waals surface area contributed by atoms with Gasteiger partial charge in [0.1, 0.15) is 10.4 Å². The van der Waals surface area contributed by atoms with Crippen molar-refractivity contribution in [1.29, 1.82) is 0 Å². The average Bonchev–Trinajstić information content (AvgIpc) is 3.13. The molecular weight excluding hydrogens is 469 g/mol. The molecule has 0 radical (unpaired) electrons. The van der Waals surface area contributed by atoms with Crippen LogP contribution in [0.2, 0.25) is 0 Å². The quantitative estimate of drug-likeness (QED) is 0.404. The summed E-state index contributed by atoms with van der Waals surface area (Å²) in [5.41, 5.74) is 0.445. The van der Waals surface area contributed by atoms with Crippen molar-refractivity contribution in [1.82, 2.24) is 10.2 Å². The molecule has 4 rings (SSSR count).